The smallest absolute Gasteiger partial charge is 0.293 e. The third-order valence-electron chi connectivity index (χ3n) is 5.03. The van der Waals surface area contributed by atoms with E-state index >= 15 is 0 Å². The van der Waals surface area contributed by atoms with Crippen molar-refractivity contribution >= 4 is 45.4 Å². The lowest BCUT2D eigenvalue weighted by Crippen LogP contribution is -2.27. The van der Waals surface area contributed by atoms with E-state index in [9.17, 15) is 9.59 Å². The van der Waals surface area contributed by atoms with Crippen molar-refractivity contribution in [1.82, 2.24) is 4.90 Å². The predicted octanol–water partition coefficient (Wildman–Crippen LogP) is 5.70. The molecule has 150 valence electrons. The maximum absolute atomic E-state index is 12.8. The number of carbonyl (C=O) groups excluding carboxylic acids is 2. The third kappa shape index (κ3) is 4.16. The van der Waals surface area contributed by atoms with Gasteiger partial charge in [0.1, 0.15) is 0 Å². The first-order valence-corrected chi connectivity index (χ1v) is 10.5. The summed E-state index contributed by atoms with van der Waals surface area (Å²) in [5.41, 5.74) is 3.13. The zero-order valence-corrected chi connectivity index (χ0v) is 17.7. The van der Waals surface area contributed by atoms with E-state index in [1.54, 1.807) is 6.08 Å². The molecule has 4 rings (SSSR count). The Bertz CT molecular complexity index is 1160. The van der Waals surface area contributed by atoms with E-state index in [0.717, 1.165) is 39.3 Å². The zero-order chi connectivity index (χ0) is 21.1. The summed E-state index contributed by atoms with van der Waals surface area (Å²) < 4.78 is 0. The molecular formula is C25H22N2O2S. The number of fused-ring (bicyclic) bond motifs is 1. The normalized spacial score (nSPS) is 15.7. The SMILES string of the molecule is CN(C)c1ccc(/C=C/C=C2\SC(=O)N(Cc3cccc4ccccc34)C2=O)cc1. The summed E-state index contributed by atoms with van der Waals surface area (Å²) in [5, 5.41) is 1.92. The van der Waals surface area contributed by atoms with Crippen LogP contribution in [0.4, 0.5) is 10.5 Å². The summed E-state index contributed by atoms with van der Waals surface area (Å²) in [4.78, 5) is 29.1. The molecule has 4 nitrogen and oxygen atoms in total. The standard InChI is InChI=1S/C25H22N2O2S/c1-26(2)21-15-13-18(14-16-21)7-5-12-23-24(28)27(25(29)30-23)17-20-10-6-9-19-8-3-4-11-22(19)20/h3-16H,17H2,1-2H3/b7-5+,23-12-. The summed E-state index contributed by atoms with van der Waals surface area (Å²) in [5.74, 6) is -0.245. The van der Waals surface area contributed by atoms with Crippen LogP contribution in [0.3, 0.4) is 0 Å². The molecule has 30 heavy (non-hydrogen) atoms. The van der Waals surface area contributed by atoms with Gasteiger partial charge in [-0.1, -0.05) is 66.7 Å². The van der Waals surface area contributed by atoms with E-state index in [2.05, 4.69) is 0 Å². The molecule has 0 aliphatic carbocycles. The van der Waals surface area contributed by atoms with Crippen molar-refractivity contribution in [1.29, 1.82) is 0 Å². The Morgan fingerprint density at radius 1 is 0.933 bits per heavy atom. The van der Waals surface area contributed by atoms with Crippen LogP contribution in [0.5, 0.6) is 0 Å². The molecule has 1 aliphatic heterocycles. The Morgan fingerprint density at radius 2 is 1.67 bits per heavy atom. The fraction of sp³-hybridized carbons (Fsp3) is 0.120. The van der Waals surface area contributed by atoms with Gasteiger partial charge in [-0.25, -0.2) is 0 Å². The van der Waals surface area contributed by atoms with Crippen molar-refractivity contribution in [3.05, 3.63) is 94.9 Å². The number of hydrogen-bond acceptors (Lipinski definition) is 4. The molecule has 1 fully saturated rings. The lowest BCUT2D eigenvalue weighted by atomic mass is 10.0. The lowest BCUT2D eigenvalue weighted by Gasteiger charge is -2.14. The molecule has 0 N–H and O–H groups in total. The Balaban J connectivity index is 1.49. The minimum Gasteiger partial charge on any atom is -0.378 e. The molecule has 1 heterocycles. The summed E-state index contributed by atoms with van der Waals surface area (Å²) >= 11 is 0.989. The highest BCUT2D eigenvalue weighted by atomic mass is 32.2. The second kappa shape index (κ2) is 8.59. The molecule has 1 saturated heterocycles. The van der Waals surface area contributed by atoms with Crippen LogP contribution in [-0.2, 0) is 11.3 Å². The van der Waals surface area contributed by atoms with Crippen LogP contribution in [0.2, 0.25) is 0 Å². The molecule has 0 saturated carbocycles. The van der Waals surface area contributed by atoms with Crippen LogP contribution in [0.15, 0.2) is 83.8 Å². The average Bonchev–Trinajstić information content (AvgIpc) is 3.02. The highest BCUT2D eigenvalue weighted by Gasteiger charge is 2.34. The number of hydrogen-bond donors (Lipinski definition) is 0. The van der Waals surface area contributed by atoms with Crippen LogP contribution >= 0.6 is 11.8 Å². The quantitative estimate of drug-likeness (QED) is 0.502. The van der Waals surface area contributed by atoms with E-state index in [1.165, 1.54) is 4.90 Å². The van der Waals surface area contributed by atoms with Gasteiger partial charge in [-0.15, -0.1) is 0 Å². The maximum atomic E-state index is 12.8. The van der Waals surface area contributed by atoms with Gasteiger partial charge in [-0.05, 0) is 51.9 Å². The van der Waals surface area contributed by atoms with Crippen molar-refractivity contribution in [3.8, 4) is 0 Å². The molecule has 3 aromatic rings. The lowest BCUT2D eigenvalue weighted by molar-refractivity contribution is -0.123. The van der Waals surface area contributed by atoms with E-state index in [-0.39, 0.29) is 17.7 Å². The van der Waals surface area contributed by atoms with Gasteiger partial charge in [0.05, 0.1) is 11.4 Å². The first kappa shape index (κ1) is 20.0. The summed E-state index contributed by atoms with van der Waals surface area (Å²) in [6, 6.07) is 22.1. The molecule has 0 unspecified atom stereocenters. The van der Waals surface area contributed by atoms with Gasteiger partial charge in [0.15, 0.2) is 0 Å². The minimum atomic E-state index is -0.245. The maximum Gasteiger partial charge on any atom is 0.293 e. The minimum absolute atomic E-state index is 0.233. The van der Waals surface area contributed by atoms with Crippen molar-refractivity contribution in [2.24, 2.45) is 0 Å². The highest BCUT2D eigenvalue weighted by molar-refractivity contribution is 8.18. The number of allylic oxidation sites excluding steroid dienone is 2. The van der Waals surface area contributed by atoms with E-state index in [0.29, 0.717) is 4.91 Å². The Morgan fingerprint density at radius 3 is 2.43 bits per heavy atom. The number of rotatable bonds is 5. The number of nitrogens with zero attached hydrogens (tertiary/aromatic N) is 2. The molecule has 0 spiro atoms. The monoisotopic (exact) mass is 414 g/mol. The number of carbonyl (C=O) groups is 2. The second-order valence-electron chi connectivity index (χ2n) is 7.27. The molecule has 3 aromatic carbocycles. The topological polar surface area (TPSA) is 40.6 Å². The molecular weight excluding hydrogens is 392 g/mol. The van der Waals surface area contributed by atoms with Gasteiger partial charge in [0.2, 0.25) is 0 Å². The number of anilines is 1. The van der Waals surface area contributed by atoms with E-state index in [4.69, 9.17) is 0 Å². The predicted molar refractivity (Wildman–Crippen MR) is 125 cm³/mol. The van der Waals surface area contributed by atoms with E-state index in [1.807, 2.05) is 97.9 Å². The van der Waals surface area contributed by atoms with Gasteiger partial charge in [0.25, 0.3) is 11.1 Å². The van der Waals surface area contributed by atoms with Gasteiger partial charge in [0, 0.05) is 19.8 Å². The molecule has 5 heteroatoms. The summed E-state index contributed by atoms with van der Waals surface area (Å²) in [6.07, 6.45) is 5.46. The van der Waals surface area contributed by atoms with Crippen molar-refractivity contribution < 1.29 is 9.59 Å². The summed E-state index contributed by atoms with van der Waals surface area (Å²) in [7, 11) is 4.00. The van der Waals surface area contributed by atoms with Crippen molar-refractivity contribution in [2.45, 2.75) is 6.54 Å². The number of imide groups is 1. The van der Waals surface area contributed by atoms with Crippen molar-refractivity contribution in [3.63, 3.8) is 0 Å². The molecule has 0 bridgehead atoms. The number of thioether (sulfide) groups is 1. The first-order valence-electron chi connectivity index (χ1n) is 9.69. The fourth-order valence-corrected chi connectivity index (χ4v) is 4.17. The zero-order valence-electron chi connectivity index (χ0n) is 16.9. The summed E-state index contributed by atoms with van der Waals surface area (Å²) in [6.45, 7) is 0.277. The largest absolute Gasteiger partial charge is 0.378 e. The van der Waals surface area contributed by atoms with Crippen LogP contribution in [0.25, 0.3) is 16.8 Å². The Hall–Kier alpha value is -3.31. The molecule has 0 aromatic heterocycles. The van der Waals surface area contributed by atoms with Crippen molar-refractivity contribution in [2.75, 3.05) is 19.0 Å². The van der Waals surface area contributed by atoms with Gasteiger partial charge >= 0.3 is 0 Å². The van der Waals surface area contributed by atoms with Crippen LogP contribution in [0, 0.1) is 0 Å². The average molecular weight is 415 g/mol. The molecule has 0 radical (unpaired) electrons. The van der Waals surface area contributed by atoms with Gasteiger partial charge in [-0.3, -0.25) is 14.5 Å². The number of amides is 2. The highest BCUT2D eigenvalue weighted by Crippen LogP contribution is 2.33. The van der Waals surface area contributed by atoms with Crippen LogP contribution in [-0.4, -0.2) is 30.1 Å². The van der Waals surface area contributed by atoms with Crippen LogP contribution in [0.1, 0.15) is 11.1 Å². The molecule has 0 atom stereocenters. The number of benzene rings is 3. The second-order valence-corrected chi connectivity index (χ2v) is 8.27. The fourth-order valence-electron chi connectivity index (χ4n) is 3.38. The molecule has 1 aliphatic rings. The Kier molecular flexibility index (Phi) is 5.72. The molecule has 2 amide bonds. The Labute approximate surface area is 180 Å². The van der Waals surface area contributed by atoms with E-state index < -0.39 is 0 Å². The van der Waals surface area contributed by atoms with Crippen LogP contribution < -0.4 is 4.90 Å². The van der Waals surface area contributed by atoms with Gasteiger partial charge in [-0.2, -0.15) is 0 Å². The first-order chi connectivity index (χ1) is 14.5. The van der Waals surface area contributed by atoms with Gasteiger partial charge < -0.3 is 4.90 Å². The third-order valence-corrected chi connectivity index (χ3v) is 5.95.